The molecule has 0 radical (unpaired) electrons. The molecule has 7 nitrogen and oxygen atoms in total. The van der Waals surface area contributed by atoms with Gasteiger partial charge in [0.1, 0.15) is 18.7 Å². The monoisotopic (exact) mass is 326 g/mol. The van der Waals surface area contributed by atoms with Crippen LogP contribution in [-0.2, 0) is 4.79 Å². The maximum atomic E-state index is 12.1. The molecule has 122 valence electrons. The van der Waals surface area contributed by atoms with Crippen LogP contribution in [0.2, 0.25) is 0 Å². The first-order valence-electron chi connectivity index (χ1n) is 6.84. The number of halogens is 3. The summed E-state index contributed by atoms with van der Waals surface area (Å²) in [6.45, 7) is -0.669. The number of rotatable bonds is 4. The smallest absolute Gasteiger partial charge is 0.355 e. The van der Waals surface area contributed by atoms with E-state index in [2.05, 4.69) is 15.1 Å². The van der Waals surface area contributed by atoms with E-state index in [1.807, 2.05) is 5.32 Å². The van der Waals surface area contributed by atoms with E-state index in [1.54, 1.807) is 34.1 Å². The number of alkyl halides is 3. The van der Waals surface area contributed by atoms with Gasteiger partial charge in [-0.3, -0.25) is 4.79 Å². The molecule has 23 heavy (non-hydrogen) atoms. The highest BCUT2D eigenvalue weighted by atomic mass is 19.4. The summed E-state index contributed by atoms with van der Waals surface area (Å²) >= 11 is 0. The van der Waals surface area contributed by atoms with E-state index in [9.17, 15) is 18.0 Å². The fourth-order valence-corrected chi connectivity index (χ4v) is 2.20. The van der Waals surface area contributed by atoms with Crippen LogP contribution in [0.1, 0.15) is 0 Å². The van der Waals surface area contributed by atoms with Crippen LogP contribution >= 0.6 is 0 Å². The van der Waals surface area contributed by atoms with Crippen LogP contribution in [0.15, 0.2) is 30.9 Å². The highest BCUT2D eigenvalue weighted by Crippen LogP contribution is 2.24. The summed E-state index contributed by atoms with van der Waals surface area (Å²) < 4.78 is 37.8. The fraction of sp³-hybridized carbons (Fsp3) is 0.385. The number of anilines is 1. The minimum Gasteiger partial charge on any atom is -0.355 e. The van der Waals surface area contributed by atoms with E-state index >= 15 is 0 Å². The van der Waals surface area contributed by atoms with Gasteiger partial charge in [0.05, 0.1) is 5.92 Å². The Morgan fingerprint density at radius 2 is 2.04 bits per heavy atom. The van der Waals surface area contributed by atoms with Gasteiger partial charge in [0.15, 0.2) is 5.82 Å². The van der Waals surface area contributed by atoms with Crippen LogP contribution in [-0.4, -0.2) is 51.5 Å². The van der Waals surface area contributed by atoms with Crippen LogP contribution < -0.4 is 10.2 Å². The summed E-state index contributed by atoms with van der Waals surface area (Å²) in [6, 6.07) is 3.46. The van der Waals surface area contributed by atoms with E-state index < -0.39 is 24.5 Å². The first kappa shape index (κ1) is 15.3. The topological polar surface area (TPSA) is 75.9 Å². The molecule has 0 bridgehead atoms. The summed E-state index contributed by atoms with van der Waals surface area (Å²) in [5.74, 6) is 0.107. The predicted molar refractivity (Wildman–Crippen MR) is 73.9 cm³/mol. The van der Waals surface area contributed by atoms with Gasteiger partial charge in [-0.25, -0.2) is 14.6 Å². The number of nitrogens with one attached hydrogen (secondary N) is 1. The molecule has 0 spiro atoms. The minimum absolute atomic E-state index is 0.319. The number of hydrogen-bond acceptors (Lipinski definition) is 5. The highest BCUT2D eigenvalue weighted by molar-refractivity contribution is 5.81. The lowest BCUT2D eigenvalue weighted by Gasteiger charge is -2.39. The zero-order valence-corrected chi connectivity index (χ0v) is 11.9. The number of aromatic nitrogens is 4. The van der Waals surface area contributed by atoms with E-state index in [1.165, 1.54) is 6.33 Å². The Labute approximate surface area is 129 Å². The molecule has 0 atom stereocenters. The molecule has 1 amide bonds. The van der Waals surface area contributed by atoms with Crippen LogP contribution in [0.3, 0.4) is 0 Å². The largest absolute Gasteiger partial charge is 0.405 e. The lowest BCUT2D eigenvalue weighted by Crippen LogP contribution is -2.55. The number of nitrogens with zero attached hydrogens (tertiary/aromatic N) is 5. The van der Waals surface area contributed by atoms with Crippen molar-refractivity contribution in [1.29, 1.82) is 0 Å². The molecule has 10 heteroatoms. The van der Waals surface area contributed by atoms with Gasteiger partial charge >= 0.3 is 6.18 Å². The van der Waals surface area contributed by atoms with Crippen molar-refractivity contribution in [2.24, 2.45) is 5.92 Å². The third kappa shape index (κ3) is 3.58. The summed E-state index contributed by atoms with van der Waals surface area (Å²) in [5.41, 5.74) is 0. The molecule has 3 heterocycles. The van der Waals surface area contributed by atoms with E-state index in [0.29, 0.717) is 24.7 Å². The zero-order valence-electron chi connectivity index (χ0n) is 11.9. The molecule has 2 aromatic rings. The second kappa shape index (κ2) is 5.86. The molecule has 1 fully saturated rings. The lowest BCUT2D eigenvalue weighted by molar-refractivity contribution is -0.141. The van der Waals surface area contributed by atoms with E-state index in [4.69, 9.17) is 0 Å². The first-order valence-corrected chi connectivity index (χ1v) is 6.84. The van der Waals surface area contributed by atoms with Crippen LogP contribution in [0, 0.1) is 5.92 Å². The summed E-state index contributed by atoms with van der Waals surface area (Å²) in [5, 5.41) is 5.95. The van der Waals surface area contributed by atoms with E-state index in [0.717, 1.165) is 0 Å². The van der Waals surface area contributed by atoms with Gasteiger partial charge in [-0.05, 0) is 6.07 Å². The first-order chi connectivity index (χ1) is 10.9. The summed E-state index contributed by atoms with van der Waals surface area (Å²) in [4.78, 5) is 21.6. The third-order valence-corrected chi connectivity index (χ3v) is 3.42. The Balaban J connectivity index is 1.57. The lowest BCUT2D eigenvalue weighted by atomic mass is 9.99. The summed E-state index contributed by atoms with van der Waals surface area (Å²) in [6.07, 6.45) is 0.329. The quantitative estimate of drug-likeness (QED) is 0.898. The van der Waals surface area contributed by atoms with Crippen LogP contribution in [0.4, 0.5) is 19.0 Å². The molecule has 2 aromatic heterocycles. The second-order valence-corrected chi connectivity index (χ2v) is 5.12. The molecular weight excluding hydrogens is 313 g/mol. The van der Waals surface area contributed by atoms with Gasteiger partial charge in [-0.2, -0.15) is 18.3 Å². The molecule has 0 unspecified atom stereocenters. The minimum atomic E-state index is -4.40. The Kier molecular flexibility index (Phi) is 3.89. The van der Waals surface area contributed by atoms with Crippen LogP contribution in [0.5, 0.6) is 0 Å². The Bertz CT molecular complexity index is 681. The van der Waals surface area contributed by atoms with Crippen molar-refractivity contribution in [3.8, 4) is 5.82 Å². The maximum Gasteiger partial charge on any atom is 0.405 e. The Morgan fingerprint density at radius 1 is 1.30 bits per heavy atom. The molecule has 0 saturated carbocycles. The molecule has 3 rings (SSSR count). The van der Waals surface area contributed by atoms with Gasteiger partial charge in [-0.1, -0.05) is 0 Å². The molecule has 0 aromatic carbocycles. The standard InChI is InChI=1S/C13H13F3N6O/c14-13(15,16)7-17-12(23)9-5-21(6-9)10-4-11(19-8-18-10)22-3-1-2-20-22/h1-4,8-9H,5-7H2,(H,17,23). The van der Waals surface area contributed by atoms with Gasteiger partial charge in [0.2, 0.25) is 5.91 Å². The number of carbonyl (C=O) groups is 1. The maximum absolute atomic E-state index is 12.1. The Hall–Kier alpha value is -2.65. The van der Waals surface area contributed by atoms with Crippen molar-refractivity contribution < 1.29 is 18.0 Å². The highest BCUT2D eigenvalue weighted by Gasteiger charge is 2.36. The third-order valence-electron chi connectivity index (χ3n) is 3.42. The van der Waals surface area contributed by atoms with Crippen molar-refractivity contribution in [3.63, 3.8) is 0 Å². The van der Waals surface area contributed by atoms with Crippen molar-refractivity contribution in [3.05, 3.63) is 30.9 Å². The SMILES string of the molecule is O=C(NCC(F)(F)F)C1CN(c2cc(-n3cccn3)ncn2)C1. The number of hydrogen-bond donors (Lipinski definition) is 1. The molecule has 0 aliphatic carbocycles. The predicted octanol–water partition coefficient (Wildman–Crippen LogP) is 0.777. The van der Waals surface area contributed by atoms with Crippen molar-refractivity contribution in [2.75, 3.05) is 24.5 Å². The molecule has 1 saturated heterocycles. The van der Waals surface area contributed by atoms with Gasteiger partial charge in [-0.15, -0.1) is 0 Å². The van der Waals surface area contributed by atoms with Gasteiger partial charge in [0.25, 0.3) is 0 Å². The Morgan fingerprint density at radius 3 is 2.70 bits per heavy atom. The number of carbonyl (C=O) groups excluding carboxylic acids is 1. The fourth-order valence-electron chi connectivity index (χ4n) is 2.20. The normalized spacial score (nSPS) is 15.3. The van der Waals surface area contributed by atoms with Crippen molar-refractivity contribution >= 4 is 11.7 Å². The summed E-state index contributed by atoms with van der Waals surface area (Å²) in [7, 11) is 0. The molecule has 1 aliphatic rings. The second-order valence-electron chi connectivity index (χ2n) is 5.12. The molecule has 1 aliphatic heterocycles. The molecular formula is C13H13F3N6O. The average molecular weight is 326 g/mol. The zero-order chi connectivity index (χ0) is 16.4. The van der Waals surface area contributed by atoms with E-state index in [-0.39, 0.29) is 0 Å². The van der Waals surface area contributed by atoms with Gasteiger partial charge in [0, 0.05) is 31.5 Å². The number of amides is 1. The average Bonchev–Trinajstić information content (AvgIpc) is 2.97. The molecule has 1 N–H and O–H groups in total. The van der Waals surface area contributed by atoms with Crippen molar-refractivity contribution in [2.45, 2.75) is 6.18 Å². The van der Waals surface area contributed by atoms with Crippen molar-refractivity contribution in [1.82, 2.24) is 25.1 Å². The van der Waals surface area contributed by atoms with Gasteiger partial charge < -0.3 is 10.2 Å². The van der Waals surface area contributed by atoms with Crippen LogP contribution in [0.25, 0.3) is 5.82 Å².